The van der Waals surface area contributed by atoms with Crippen molar-refractivity contribution < 1.29 is 15.0 Å². The van der Waals surface area contributed by atoms with Gasteiger partial charge in [0.05, 0.1) is 17.6 Å². The minimum atomic E-state index is -0.780. The molecule has 1 saturated carbocycles. The Kier molecular flexibility index (Phi) is 4.54. The van der Waals surface area contributed by atoms with Crippen molar-refractivity contribution >= 4 is 17.3 Å². The molecule has 5 nitrogen and oxygen atoms in total. The first-order valence-corrected chi connectivity index (χ1v) is 7.46. The van der Waals surface area contributed by atoms with Gasteiger partial charge < -0.3 is 15.5 Å². The average molecular weight is 284 g/mol. The lowest BCUT2D eigenvalue weighted by molar-refractivity contribution is -0.144. The van der Waals surface area contributed by atoms with Crippen molar-refractivity contribution in [3.63, 3.8) is 0 Å². The molecule has 0 aromatic carbocycles. The van der Waals surface area contributed by atoms with Crippen molar-refractivity contribution in [1.29, 1.82) is 0 Å². The zero-order chi connectivity index (χ0) is 13.9. The van der Waals surface area contributed by atoms with Crippen molar-refractivity contribution in [3.8, 4) is 0 Å². The number of carbonyl (C=O) groups is 1. The fourth-order valence-electron chi connectivity index (χ4n) is 2.46. The van der Waals surface area contributed by atoms with Crippen LogP contribution in [0.3, 0.4) is 0 Å². The Labute approximate surface area is 116 Å². The van der Waals surface area contributed by atoms with Crippen LogP contribution in [0.25, 0.3) is 0 Å². The Bertz CT molecular complexity index is 414. The van der Waals surface area contributed by atoms with Gasteiger partial charge in [-0.3, -0.25) is 4.79 Å². The molecule has 6 heteroatoms. The summed E-state index contributed by atoms with van der Waals surface area (Å²) in [4.78, 5) is 15.1. The van der Waals surface area contributed by atoms with E-state index in [0.717, 1.165) is 5.01 Å². The SMILES string of the molecule is CC(NCC1(O)CCC(C(=O)O)CC1)c1nccs1. The predicted octanol–water partition coefficient (Wildman–Crippen LogP) is 1.80. The van der Waals surface area contributed by atoms with E-state index in [1.54, 1.807) is 17.5 Å². The van der Waals surface area contributed by atoms with Crippen LogP contribution < -0.4 is 5.32 Å². The monoisotopic (exact) mass is 284 g/mol. The maximum atomic E-state index is 10.9. The average Bonchev–Trinajstić information content (AvgIpc) is 2.90. The number of carboxylic acid groups (broad SMARTS) is 1. The van der Waals surface area contributed by atoms with Gasteiger partial charge in [-0.2, -0.15) is 0 Å². The van der Waals surface area contributed by atoms with Crippen LogP contribution >= 0.6 is 11.3 Å². The van der Waals surface area contributed by atoms with Gasteiger partial charge in [0.2, 0.25) is 0 Å². The molecule has 1 heterocycles. The van der Waals surface area contributed by atoms with Crippen LogP contribution in [-0.4, -0.2) is 33.3 Å². The lowest BCUT2D eigenvalue weighted by Crippen LogP contribution is -2.45. The molecule has 0 spiro atoms. The van der Waals surface area contributed by atoms with Gasteiger partial charge in [-0.15, -0.1) is 11.3 Å². The molecular formula is C13H20N2O3S. The molecule has 1 aliphatic rings. The standard InChI is InChI=1S/C13H20N2O3S/c1-9(11-14-6-7-19-11)15-8-13(18)4-2-10(3-5-13)12(16)17/h6-7,9-10,15,18H,2-5,8H2,1H3,(H,16,17). The van der Waals surface area contributed by atoms with Crippen LogP contribution in [0, 0.1) is 5.92 Å². The van der Waals surface area contributed by atoms with Gasteiger partial charge >= 0.3 is 5.97 Å². The van der Waals surface area contributed by atoms with Gasteiger partial charge in [-0.05, 0) is 32.6 Å². The molecule has 1 unspecified atom stereocenters. The summed E-state index contributed by atoms with van der Waals surface area (Å²) in [5.41, 5.74) is -0.780. The topological polar surface area (TPSA) is 82.5 Å². The molecule has 0 radical (unpaired) electrons. The highest BCUT2D eigenvalue weighted by Gasteiger charge is 2.35. The number of carboxylic acids is 1. The van der Waals surface area contributed by atoms with Crippen LogP contribution in [0.4, 0.5) is 0 Å². The lowest BCUT2D eigenvalue weighted by atomic mass is 9.78. The molecule has 0 aliphatic heterocycles. The molecule has 3 N–H and O–H groups in total. The largest absolute Gasteiger partial charge is 0.481 e. The normalized spacial score (nSPS) is 29.1. The first-order valence-electron chi connectivity index (χ1n) is 6.58. The number of hydrogen-bond donors (Lipinski definition) is 3. The van der Waals surface area contributed by atoms with Crippen molar-refractivity contribution in [1.82, 2.24) is 10.3 Å². The van der Waals surface area contributed by atoms with E-state index in [0.29, 0.717) is 32.2 Å². The van der Waals surface area contributed by atoms with E-state index < -0.39 is 11.6 Å². The van der Waals surface area contributed by atoms with Gasteiger partial charge in [-0.1, -0.05) is 0 Å². The maximum absolute atomic E-state index is 10.9. The number of rotatable bonds is 5. The van der Waals surface area contributed by atoms with Crippen LogP contribution in [0.1, 0.15) is 43.7 Å². The number of aromatic nitrogens is 1. The number of nitrogens with zero attached hydrogens (tertiary/aromatic N) is 1. The lowest BCUT2D eigenvalue weighted by Gasteiger charge is -2.35. The number of aliphatic hydroxyl groups is 1. The zero-order valence-corrected chi connectivity index (χ0v) is 11.8. The fraction of sp³-hybridized carbons (Fsp3) is 0.692. The van der Waals surface area contributed by atoms with Crippen LogP contribution in [-0.2, 0) is 4.79 Å². The molecule has 1 aromatic rings. The quantitative estimate of drug-likeness (QED) is 0.768. The van der Waals surface area contributed by atoms with Crippen LogP contribution in [0.15, 0.2) is 11.6 Å². The minimum Gasteiger partial charge on any atom is -0.481 e. The van der Waals surface area contributed by atoms with E-state index in [2.05, 4.69) is 10.3 Å². The molecular weight excluding hydrogens is 264 g/mol. The number of thiazole rings is 1. The first kappa shape index (κ1) is 14.4. The van der Waals surface area contributed by atoms with E-state index >= 15 is 0 Å². The third kappa shape index (κ3) is 3.75. The van der Waals surface area contributed by atoms with Gasteiger partial charge in [0.25, 0.3) is 0 Å². The molecule has 19 heavy (non-hydrogen) atoms. The highest BCUT2D eigenvalue weighted by Crippen LogP contribution is 2.32. The Morgan fingerprint density at radius 3 is 2.84 bits per heavy atom. The van der Waals surface area contributed by atoms with E-state index in [9.17, 15) is 9.90 Å². The first-order chi connectivity index (χ1) is 9.00. The highest BCUT2D eigenvalue weighted by molar-refractivity contribution is 7.09. The van der Waals surface area contributed by atoms with Gasteiger partial charge in [0.1, 0.15) is 5.01 Å². The highest BCUT2D eigenvalue weighted by atomic mass is 32.1. The fourth-order valence-corrected chi connectivity index (χ4v) is 3.13. The van der Waals surface area contributed by atoms with E-state index in [1.165, 1.54) is 0 Å². The summed E-state index contributed by atoms with van der Waals surface area (Å²) in [6.45, 7) is 2.51. The van der Waals surface area contributed by atoms with Gasteiger partial charge in [0, 0.05) is 18.1 Å². The van der Waals surface area contributed by atoms with Crippen molar-refractivity contribution in [3.05, 3.63) is 16.6 Å². The summed E-state index contributed by atoms with van der Waals surface area (Å²) in [7, 11) is 0. The van der Waals surface area contributed by atoms with Gasteiger partial charge in [0.15, 0.2) is 0 Å². The molecule has 0 saturated heterocycles. The molecule has 1 aromatic heterocycles. The zero-order valence-electron chi connectivity index (χ0n) is 11.0. The number of nitrogens with one attached hydrogen (secondary N) is 1. The summed E-state index contributed by atoms with van der Waals surface area (Å²) in [6.07, 6.45) is 3.96. The predicted molar refractivity (Wildman–Crippen MR) is 73.1 cm³/mol. The summed E-state index contributed by atoms with van der Waals surface area (Å²) >= 11 is 1.59. The molecule has 1 aliphatic carbocycles. The van der Waals surface area contributed by atoms with E-state index in [-0.39, 0.29) is 12.0 Å². The smallest absolute Gasteiger partial charge is 0.306 e. The van der Waals surface area contributed by atoms with Crippen molar-refractivity contribution in [2.45, 2.75) is 44.2 Å². The van der Waals surface area contributed by atoms with Gasteiger partial charge in [-0.25, -0.2) is 4.98 Å². The summed E-state index contributed by atoms with van der Waals surface area (Å²) < 4.78 is 0. The maximum Gasteiger partial charge on any atom is 0.306 e. The Morgan fingerprint density at radius 1 is 1.63 bits per heavy atom. The Balaban J connectivity index is 1.81. The minimum absolute atomic E-state index is 0.112. The second-order valence-corrected chi connectivity index (χ2v) is 6.24. The summed E-state index contributed by atoms with van der Waals surface area (Å²) in [5.74, 6) is -1.04. The number of aliphatic carboxylic acids is 1. The Hall–Kier alpha value is -0.980. The third-order valence-corrected chi connectivity index (χ3v) is 4.78. The van der Waals surface area contributed by atoms with Crippen molar-refractivity contribution in [2.75, 3.05) is 6.54 Å². The van der Waals surface area contributed by atoms with Crippen molar-refractivity contribution in [2.24, 2.45) is 5.92 Å². The second kappa shape index (κ2) is 5.98. The third-order valence-electron chi connectivity index (χ3n) is 3.82. The van der Waals surface area contributed by atoms with E-state index in [1.807, 2.05) is 12.3 Å². The molecule has 106 valence electrons. The second-order valence-electron chi connectivity index (χ2n) is 5.31. The van der Waals surface area contributed by atoms with Crippen LogP contribution in [0.5, 0.6) is 0 Å². The molecule has 0 amide bonds. The van der Waals surface area contributed by atoms with E-state index in [4.69, 9.17) is 5.11 Å². The molecule has 1 fully saturated rings. The summed E-state index contributed by atoms with van der Waals surface area (Å²) in [5, 5.41) is 25.6. The Morgan fingerprint density at radius 2 is 2.32 bits per heavy atom. The molecule has 0 bridgehead atoms. The molecule has 2 rings (SSSR count). The summed E-state index contributed by atoms with van der Waals surface area (Å²) in [6, 6.07) is 0.112. The molecule has 1 atom stereocenters. The van der Waals surface area contributed by atoms with Crippen LogP contribution in [0.2, 0.25) is 0 Å². The number of hydrogen-bond acceptors (Lipinski definition) is 5.